The van der Waals surface area contributed by atoms with Crippen LogP contribution in [0.15, 0.2) is 0 Å². The van der Waals surface area contributed by atoms with Crippen molar-refractivity contribution in [3.8, 4) is 0 Å². The molecule has 0 saturated heterocycles. The average molecular weight is 252 g/mol. The minimum Gasteiger partial charge on any atom is -0.382 e. The number of methoxy groups -OCH3 is 1. The van der Waals surface area contributed by atoms with E-state index in [1.54, 1.807) is 7.11 Å². The third-order valence-electron chi connectivity index (χ3n) is 1.87. The Morgan fingerprint density at radius 2 is 1.19 bits per heavy atom. The Bertz CT molecular complexity index is 111. The second-order valence-corrected chi connectivity index (χ2v) is 3.71. The van der Waals surface area contributed by atoms with Gasteiger partial charge in [-0.15, -0.1) is 0 Å². The molecule has 0 amide bonds. The number of unbranched alkanes of at least 4 members (excludes halogenated alkanes) is 1. The Morgan fingerprint density at radius 3 is 1.69 bits per heavy atom. The quantitative estimate of drug-likeness (QED) is 0.397. The molecular weight excluding hydrogens is 228 g/mol. The second-order valence-electron chi connectivity index (χ2n) is 3.26. The van der Waals surface area contributed by atoms with Crippen molar-refractivity contribution >= 4 is 12.6 Å². The molecule has 0 saturated carbocycles. The van der Waals surface area contributed by atoms with Gasteiger partial charge in [0.2, 0.25) is 0 Å². The van der Waals surface area contributed by atoms with Crippen LogP contribution in [-0.4, -0.2) is 59.1 Å². The molecule has 5 heteroatoms. The summed E-state index contributed by atoms with van der Waals surface area (Å²) in [6.07, 6.45) is 2.18. The van der Waals surface area contributed by atoms with Gasteiger partial charge in [-0.05, 0) is 18.6 Å². The van der Waals surface area contributed by atoms with Crippen LogP contribution in [-0.2, 0) is 18.9 Å². The minimum absolute atomic E-state index is 0.614. The number of rotatable bonds is 13. The summed E-state index contributed by atoms with van der Waals surface area (Å²) in [5, 5.41) is 0. The van der Waals surface area contributed by atoms with Gasteiger partial charge in [0.05, 0.1) is 39.6 Å². The summed E-state index contributed by atoms with van der Waals surface area (Å²) in [6.45, 7) is 4.58. The van der Waals surface area contributed by atoms with E-state index >= 15 is 0 Å². The van der Waals surface area contributed by atoms with E-state index in [2.05, 4.69) is 12.6 Å². The van der Waals surface area contributed by atoms with Crippen LogP contribution in [0.2, 0.25) is 0 Å². The van der Waals surface area contributed by atoms with Gasteiger partial charge in [0.1, 0.15) is 0 Å². The smallest absolute Gasteiger partial charge is 0.0701 e. The summed E-state index contributed by atoms with van der Waals surface area (Å²) in [5.41, 5.74) is 0. The molecule has 0 bridgehead atoms. The molecule has 0 spiro atoms. The second kappa shape index (κ2) is 15.2. The van der Waals surface area contributed by atoms with Gasteiger partial charge in [-0.25, -0.2) is 0 Å². The predicted molar refractivity (Wildman–Crippen MR) is 67.4 cm³/mol. The van der Waals surface area contributed by atoms with Crippen LogP contribution in [0.5, 0.6) is 0 Å². The maximum Gasteiger partial charge on any atom is 0.0701 e. The van der Waals surface area contributed by atoms with Crippen LogP contribution in [0.4, 0.5) is 0 Å². The van der Waals surface area contributed by atoms with Crippen molar-refractivity contribution in [3.05, 3.63) is 0 Å². The fourth-order valence-corrected chi connectivity index (χ4v) is 1.22. The number of hydrogen-bond acceptors (Lipinski definition) is 5. The zero-order valence-electron chi connectivity index (χ0n) is 10.2. The first-order valence-electron chi connectivity index (χ1n) is 5.75. The lowest BCUT2D eigenvalue weighted by atomic mass is 10.4. The van der Waals surface area contributed by atoms with Gasteiger partial charge < -0.3 is 18.9 Å². The third kappa shape index (κ3) is 14.2. The molecule has 0 unspecified atom stereocenters. The molecule has 0 aromatic heterocycles. The van der Waals surface area contributed by atoms with E-state index < -0.39 is 0 Å². The van der Waals surface area contributed by atoms with E-state index in [1.165, 1.54) is 0 Å². The number of thiol groups is 1. The van der Waals surface area contributed by atoms with E-state index in [0.717, 1.165) is 25.2 Å². The molecular formula is C11H24O4S. The van der Waals surface area contributed by atoms with Crippen LogP contribution in [0.3, 0.4) is 0 Å². The summed E-state index contributed by atoms with van der Waals surface area (Å²) < 4.78 is 20.8. The predicted octanol–water partition coefficient (Wildman–Crippen LogP) is 1.39. The van der Waals surface area contributed by atoms with E-state index in [9.17, 15) is 0 Å². The lowest BCUT2D eigenvalue weighted by Gasteiger charge is -2.06. The van der Waals surface area contributed by atoms with Crippen molar-refractivity contribution in [1.29, 1.82) is 0 Å². The van der Waals surface area contributed by atoms with Crippen LogP contribution in [0, 0.1) is 0 Å². The molecule has 0 aliphatic rings. The molecule has 0 heterocycles. The van der Waals surface area contributed by atoms with Crippen molar-refractivity contribution in [2.24, 2.45) is 0 Å². The van der Waals surface area contributed by atoms with Crippen LogP contribution in [0.25, 0.3) is 0 Å². The van der Waals surface area contributed by atoms with Gasteiger partial charge >= 0.3 is 0 Å². The zero-order valence-corrected chi connectivity index (χ0v) is 11.0. The van der Waals surface area contributed by atoms with Crippen molar-refractivity contribution in [2.45, 2.75) is 12.8 Å². The number of ether oxygens (including phenoxy) is 4. The number of hydrogen-bond donors (Lipinski definition) is 1. The Labute approximate surface area is 104 Å². The van der Waals surface area contributed by atoms with Gasteiger partial charge in [-0.3, -0.25) is 0 Å². The zero-order chi connectivity index (χ0) is 11.9. The summed E-state index contributed by atoms with van der Waals surface area (Å²) in [4.78, 5) is 0. The topological polar surface area (TPSA) is 36.9 Å². The lowest BCUT2D eigenvalue weighted by Crippen LogP contribution is -2.11. The third-order valence-corrected chi connectivity index (χ3v) is 2.19. The summed E-state index contributed by atoms with van der Waals surface area (Å²) in [7, 11) is 1.66. The minimum atomic E-state index is 0.614. The van der Waals surface area contributed by atoms with E-state index in [0.29, 0.717) is 39.6 Å². The van der Waals surface area contributed by atoms with E-state index in [4.69, 9.17) is 18.9 Å². The monoisotopic (exact) mass is 252 g/mol. The SMILES string of the molecule is COCCOCCOCCOCCCCS. The molecule has 0 atom stereocenters. The van der Waals surface area contributed by atoms with Crippen molar-refractivity contribution in [1.82, 2.24) is 0 Å². The molecule has 0 rings (SSSR count). The normalized spacial score (nSPS) is 10.9. The fraction of sp³-hybridized carbons (Fsp3) is 1.00. The highest BCUT2D eigenvalue weighted by molar-refractivity contribution is 7.80. The molecule has 98 valence electrons. The van der Waals surface area contributed by atoms with Gasteiger partial charge in [-0.2, -0.15) is 12.6 Å². The Balaban J connectivity index is 2.83. The van der Waals surface area contributed by atoms with E-state index in [1.807, 2.05) is 0 Å². The summed E-state index contributed by atoms with van der Waals surface area (Å²) in [6, 6.07) is 0. The van der Waals surface area contributed by atoms with Crippen molar-refractivity contribution in [3.63, 3.8) is 0 Å². The molecule has 0 N–H and O–H groups in total. The molecule has 0 aliphatic heterocycles. The first kappa shape index (κ1) is 16.2. The largest absolute Gasteiger partial charge is 0.382 e. The molecule has 0 aliphatic carbocycles. The molecule has 16 heavy (non-hydrogen) atoms. The van der Waals surface area contributed by atoms with Crippen molar-refractivity contribution < 1.29 is 18.9 Å². The molecule has 4 nitrogen and oxygen atoms in total. The maximum absolute atomic E-state index is 5.36. The highest BCUT2D eigenvalue weighted by atomic mass is 32.1. The highest BCUT2D eigenvalue weighted by Crippen LogP contribution is 1.92. The molecule has 0 fully saturated rings. The van der Waals surface area contributed by atoms with Crippen LogP contribution in [0.1, 0.15) is 12.8 Å². The first-order chi connectivity index (χ1) is 7.91. The van der Waals surface area contributed by atoms with Gasteiger partial charge in [0.25, 0.3) is 0 Å². The summed E-state index contributed by atoms with van der Waals surface area (Å²) >= 11 is 4.12. The van der Waals surface area contributed by atoms with E-state index in [-0.39, 0.29) is 0 Å². The lowest BCUT2D eigenvalue weighted by molar-refractivity contribution is 0.00339. The first-order valence-corrected chi connectivity index (χ1v) is 6.38. The van der Waals surface area contributed by atoms with Gasteiger partial charge in [-0.1, -0.05) is 0 Å². The standard InChI is InChI=1S/C11H24O4S/c1-12-5-6-14-9-10-15-8-7-13-4-2-3-11-16/h16H,2-11H2,1H3. The Kier molecular flexibility index (Phi) is 15.4. The van der Waals surface area contributed by atoms with Gasteiger partial charge in [0, 0.05) is 13.7 Å². The average Bonchev–Trinajstić information content (AvgIpc) is 2.31. The Morgan fingerprint density at radius 1 is 0.688 bits per heavy atom. The highest BCUT2D eigenvalue weighted by Gasteiger charge is 1.91. The van der Waals surface area contributed by atoms with Gasteiger partial charge in [0.15, 0.2) is 0 Å². The fourth-order valence-electron chi connectivity index (χ4n) is 1.00. The maximum atomic E-state index is 5.36. The van der Waals surface area contributed by atoms with Crippen LogP contribution >= 0.6 is 12.6 Å². The molecule has 0 aromatic rings. The summed E-state index contributed by atoms with van der Waals surface area (Å²) in [5.74, 6) is 0.929. The van der Waals surface area contributed by atoms with Crippen LogP contribution < -0.4 is 0 Å². The molecule has 0 radical (unpaired) electrons. The Hall–Kier alpha value is 0.190. The molecule has 0 aromatic carbocycles. The van der Waals surface area contributed by atoms with Crippen molar-refractivity contribution in [2.75, 3.05) is 59.1 Å².